The van der Waals surface area contributed by atoms with Gasteiger partial charge in [0.05, 0.1) is 29.4 Å². The molecule has 92 valence electrons. The van der Waals surface area contributed by atoms with Crippen LogP contribution in [0.4, 0.5) is 13.2 Å². The van der Waals surface area contributed by atoms with Crippen LogP contribution in [0.25, 0.3) is 5.69 Å². The smallest absolute Gasteiger partial charge is 0.237 e. The zero-order valence-electron chi connectivity index (χ0n) is 9.15. The van der Waals surface area contributed by atoms with Gasteiger partial charge in [-0.25, -0.2) is 4.68 Å². The molecule has 0 N–H and O–H groups in total. The molecule has 3 nitrogen and oxygen atoms in total. The normalized spacial score (nSPS) is 11.2. The van der Waals surface area contributed by atoms with Crippen LogP contribution in [0.3, 0.4) is 0 Å². The second-order valence-corrected chi connectivity index (χ2v) is 3.61. The van der Waals surface area contributed by atoms with Gasteiger partial charge in [-0.05, 0) is 30.3 Å². The number of alkyl halides is 3. The van der Waals surface area contributed by atoms with Crippen LogP contribution in [0, 0.1) is 11.3 Å². The second-order valence-electron chi connectivity index (χ2n) is 3.61. The van der Waals surface area contributed by atoms with Crippen molar-refractivity contribution in [3.8, 4) is 11.8 Å². The molecule has 0 saturated heterocycles. The fourth-order valence-corrected chi connectivity index (χ4v) is 1.57. The summed E-state index contributed by atoms with van der Waals surface area (Å²) in [6.07, 6.45) is -2.69. The van der Waals surface area contributed by atoms with Crippen LogP contribution in [-0.4, -0.2) is 9.78 Å². The van der Waals surface area contributed by atoms with Gasteiger partial charge >= 0.3 is 6.18 Å². The van der Waals surface area contributed by atoms with Crippen LogP contribution in [0.1, 0.15) is 11.3 Å². The van der Waals surface area contributed by atoms with Crippen LogP contribution in [0.5, 0.6) is 0 Å². The molecule has 1 aromatic carbocycles. The molecule has 0 aliphatic carbocycles. The van der Waals surface area contributed by atoms with Gasteiger partial charge in [0.15, 0.2) is 0 Å². The van der Waals surface area contributed by atoms with Crippen LogP contribution in [0.2, 0.25) is 0 Å². The Hall–Kier alpha value is -2.29. The predicted molar refractivity (Wildman–Crippen MR) is 57.9 cm³/mol. The lowest BCUT2D eigenvalue weighted by Gasteiger charge is -2.09. The van der Waals surface area contributed by atoms with Gasteiger partial charge in [-0.2, -0.15) is 23.5 Å². The number of nitrogens with zero attached hydrogens (tertiary/aromatic N) is 3. The topological polar surface area (TPSA) is 41.6 Å². The molecule has 0 atom stereocenters. The van der Waals surface area contributed by atoms with Crippen LogP contribution in [0.15, 0.2) is 36.5 Å². The Balaban J connectivity index is 2.35. The zero-order valence-corrected chi connectivity index (χ0v) is 9.15. The Morgan fingerprint density at radius 2 is 1.83 bits per heavy atom. The summed E-state index contributed by atoms with van der Waals surface area (Å²) in [6, 6.07) is 8.28. The molecule has 0 aliphatic rings. The number of aromatic nitrogens is 2. The van der Waals surface area contributed by atoms with E-state index in [0.29, 0.717) is 11.4 Å². The largest absolute Gasteiger partial charge is 0.416 e. The molecule has 18 heavy (non-hydrogen) atoms. The minimum atomic E-state index is -4.35. The summed E-state index contributed by atoms with van der Waals surface area (Å²) in [5.41, 5.74) is 0.427. The van der Waals surface area contributed by atoms with Crippen molar-refractivity contribution in [2.45, 2.75) is 12.6 Å². The van der Waals surface area contributed by atoms with Gasteiger partial charge in [0.1, 0.15) is 0 Å². The van der Waals surface area contributed by atoms with E-state index in [9.17, 15) is 13.2 Å². The van der Waals surface area contributed by atoms with E-state index in [-0.39, 0.29) is 6.42 Å². The molecule has 1 heterocycles. The first-order valence-corrected chi connectivity index (χ1v) is 5.10. The van der Waals surface area contributed by atoms with E-state index in [1.165, 1.54) is 23.0 Å². The lowest BCUT2D eigenvalue weighted by atomic mass is 10.2. The molecular formula is C12H8F3N3. The van der Waals surface area contributed by atoms with Gasteiger partial charge in [0.2, 0.25) is 0 Å². The van der Waals surface area contributed by atoms with Gasteiger partial charge < -0.3 is 0 Å². The van der Waals surface area contributed by atoms with Crippen molar-refractivity contribution in [2.24, 2.45) is 0 Å². The highest BCUT2D eigenvalue weighted by atomic mass is 19.4. The molecular weight excluding hydrogens is 243 g/mol. The Morgan fingerprint density at radius 3 is 2.39 bits per heavy atom. The molecule has 0 aliphatic heterocycles. The number of hydrogen-bond donors (Lipinski definition) is 0. The molecule has 2 rings (SSSR count). The Labute approximate surface area is 101 Å². The highest BCUT2D eigenvalue weighted by molar-refractivity contribution is 5.36. The SMILES string of the molecule is N#CCc1ccnn1-c1ccc(C(F)(F)F)cc1. The highest BCUT2D eigenvalue weighted by Gasteiger charge is 2.30. The Bertz CT molecular complexity index is 576. The van der Waals surface area contributed by atoms with E-state index in [1.54, 1.807) is 6.07 Å². The van der Waals surface area contributed by atoms with E-state index < -0.39 is 11.7 Å². The number of benzene rings is 1. The van der Waals surface area contributed by atoms with Crippen LogP contribution < -0.4 is 0 Å². The number of rotatable bonds is 2. The third-order valence-electron chi connectivity index (χ3n) is 2.42. The molecule has 0 unspecified atom stereocenters. The van der Waals surface area contributed by atoms with E-state index in [1.807, 2.05) is 6.07 Å². The molecule has 0 saturated carbocycles. The average molecular weight is 251 g/mol. The van der Waals surface area contributed by atoms with Gasteiger partial charge in [-0.1, -0.05) is 0 Å². The predicted octanol–water partition coefficient (Wildman–Crippen LogP) is 2.96. The first-order valence-electron chi connectivity index (χ1n) is 5.10. The van der Waals surface area contributed by atoms with Gasteiger partial charge in [-0.15, -0.1) is 0 Å². The number of nitriles is 1. The zero-order chi connectivity index (χ0) is 13.2. The minimum Gasteiger partial charge on any atom is -0.237 e. The van der Waals surface area contributed by atoms with Gasteiger partial charge in [0.25, 0.3) is 0 Å². The highest BCUT2D eigenvalue weighted by Crippen LogP contribution is 2.29. The summed E-state index contributed by atoms with van der Waals surface area (Å²) in [6.45, 7) is 0. The molecule has 2 aromatic rings. The monoisotopic (exact) mass is 251 g/mol. The van der Waals surface area contributed by atoms with E-state index in [4.69, 9.17) is 5.26 Å². The fourth-order valence-electron chi connectivity index (χ4n) is 1.57. The fraction of sp³-hybridized carbons (Fsp3) is 0.167. The molecule has 0 spiro atoms. The quantitative estimate of drug-likeness (QED) is 0.823. The summed E-state index contributed by atoms with van der Waals surface area (Å²) in [4.78, 5) is 0. The Morgan fingerprint density at radius 1 is 1.17 bits per heavy atom. The molecule has 0 fully saturated rings. The standard InChI is InChI=1S/C12H8F3N3/c13-12(14,15)9-1-3-10(4-2-9)18-11(5-7-16)6-8-17-18/h1-4,6,8H,5H2. The van der Waals surface area contributed by atoms with Crippen molar-refractivity contribution >= 4 is 0 Å². The third-order valence-corrected chi connectivity index (χ3v) is 2.42. The molecule has 6 heteroatoms. The van der Waals surface area contributed by atoms with Crippen molar-refractivity contribution in [3.63, 3.8) is 0 Å². The first kappa shape index (κ1) is 12.2. The third kappa shape index (κ3) is 2.35. The van der Waals surface area contributed by atoms with Crippen molar-refractivity contribution in [3.05, 3.63) is 47.8 Å². The first-order chi connectivity index (χ1) is 8.52. The molecule has 0 radical (unpaired) electrons. The van der Waals surface area contributed by atoms with Crippen molar-refractivity contribution < 1.29 is 13.2 Å². The van der Waals surface area contributed by atoms with Crippen LogP contribution in [-0.2, 0) is 12.6 Å². The maximum atomic E-state index is 12.4. The number of halogens is 3. The van der Waals surface area contributed by atoms with E-state index >= 15 is 0 Å². The summed E-state index contributed by atoms with van der Waals surface area (Å²) in [7, 11) is 0. The van der Waals surface area contributed by atoms with E-state index in [2.05, 4.69) is 5.10 Å². The Kier molecular flexibility index (Phi) is 3.06. The van der Waals surface area contributed by atoms with Crippen molar-refractivity contribution in [2.75, 3.05) is 0 Å². The average Bonchev–Trinajstić information content (AvgIpc) is 2.77. The number of hydrogen-bond acceptors (Lipinski definition) is 2. The van der Waals surface area contributed by atoms with Crippen LogP contribution >= 0.6 is 0 Å². The van der Waals surface area contributed by atoms with Gasteiger partial charge in [0, 0.05) is 6.20 Å². The molecule has 0 bridgehead atoms. The lowest BCUT2D eigenvalue weighted by molar-refractivity contribution is -0.137. The van der Waals surface area contributed by atoms with Crippen molar-refractivity contribution in [1.29, 1.82) is 5.26 Å². The van der Waals surface area contributed by atoms with Gasteiger partial charge in [-0.3, -0.25) is 0 Å². The maximum Gasteiger partial charge on any atom is 0.416 e. The minimum absolute atomic E-state index is 0.154. The summed E-state index contributed by atoms with van der Waals surface area (Å²) in [5, 5.41) is 12.6. The van der Waals surface area contributed by atoms with E-state index in [0.717, 1.165) is 12.1 Å². The summed E-state index contributed by atoms with van der Waals surface area (Å²) in [5.74, 6) is 0. The second kappa shape index (κ2) is 4.53. The maximum absolute atomic E-state index is 12.4. The van der Waals surface area contributed by atoms with Crippen molar-refractivity contribution in [1.82, 2.24) is 9.78 Å². The lowest BCUT2D eigenvalue weighted by Crippen LogP contribution is -2.06. The summed E-state index contributed by atoms with van der Waals surface area (Å²) < 4.78 is 38.6. The molecule has 0 amide bonds. The summed E-state index contributed by atoms with van der Waals surface area (Å²) >= 11 is 0. The molecule has 1 aromatic heterocycles.